The monoisotopic (exact) mass is 404 g/mol. The number of likely N-dealkylation sites (tertiary alicyclic amines) is 1. The fraction of sp³-hybridized carbons (Fsp3) is 0.652. The summed E-state index contributed by atoms with van der Waals surface area (Å²) >= 11 is 0. The minimum atomic E-state index is -0.871. The van der Waals surface area contributed by atoms with E-state index in [2.05, 4.69) is 36.7 Å². The van der Waals surface area contributed by atoms with Crippen molar-refractivity contribution in [1.82, 2.24) is 5.32 Å². The van der Waals surface area contributed by atoms with E-state index in [0.29, 0.717) is 12.8 Å². The SMILES string of the molecule is CCCCCCCCc1ccc(NC(=O)NC2(CC(=O)O)CC[NH+](C)CC2)cc1. The maximum atomic E-state index is 12.5. The van der Waals surface area contributed by atoms with Crippen LogP contribution in [0.5, 0.6) is 0 Å². The van der Waals surface area contributed by atoms with Crippen molar-refractivity contribution in [3.63, 3.8) is 0 Å². The molecule has 0 atom stereocenters. The van der Waals surface area contributed by atoms with Gasteiger partial charge in [-0.1, -0.05) is 51.2 Å². The van der Waals surface area contributed by atoms with Crippen molar-refractivity contribution in [2.75, 3.05) is 25.5 Å². The molecule has 0 aromatic heterocycles. The molecule has 0 spiro atoms. The molecule has 1 aliphatic rings. The minimum absolute atomic E-state index is 0.0368. The molecule has 1 saturated heterocycles. The third kappa shape index (κ3) is 8.44. The average molecular weight is 405 g/mol. The number of carboxylic acids is 1. The highest BCUT2D eigenvalue weighted by Gasteiger charge is 2.39. The van der Waals surface area contributed by atoms with Crippen molar-refractivity contribution in [3.05, 3.63) is 29.8 Å². The molecule has 0 radical (unpaired) electrons. The Morgan fingerprint density at radius 1 is 1.03 bits per heavy atom. The molecule has 162 valence electrons. The lowest BCUT2D eigenvalue weighted by molar-refractivity contribution is -0.886. The Hall–Kier alpha value is -2.08. The van der Waals surface area contributed by atoms with Gasteiger partial charge in [-0.2, -0.15) is 0 Å². The van der Waals surface area contributed by atoms with Crippen molar-refractivity contribution in [2.24, 2.45) is 0 Å². The second-order valence-electron chi connectivity index (χ2n) is 8.60. The van der Waals surface area contributed by atoms with Gasteiger partial charge in [0.25, 0.3) is 0 Å². The maximum absolute atomic E-state index is 12.5. The summed E-state index contributed by atoms with van der Waals surface area (Å²) in [6, 6.07) is 7.65. The highest BCUT2D eigenvalue weighted by Crippen LogP contribution is 2.22. The molecule has 1 aromatic rings. The van der Waals surface area contributed by atoms with E-state index in [1.807, 2.05) is 12.1 Å². The second kappa shape index (κ2) is 11.8. The Bertz CT molecular complexity index is 637. The van der Waals surface area contributed by atoms with Crippen molar-refractivity contribution in [3.8, 4) is 0 Å². The number of aryl methyl sites for hydroxylation is 1. The lowest BCUT2D eigenvalue weighted by Gasteiger charge is -2.38. The Balaban J connectivity index is 1.80. The molecule has 2 amide bonds. The Morgan fingerprint density at radius 2 is 1.66 bits per heavy atom. The Morgan fingerprint density at radius 3 is 2.28 bits per heavy atom. The highest BCUT2D eigenvalue weighted by molar-refractivity contribution is 5.90. The quantitative estimate of drug-likeness (QED) is 0.427. The fourth-order valence-corrected chi connectivity index (χ4v) is 4.06. The van der Waals surface area contributed by atoms with E-state index in [1.165, 1.54) is 49.0 Å². The summed E-state index contributed by atoms with van der Waals surface area (Å²) < 4.78 is 0. The number of nitrogens with one attached hydrogen (secondary N) is 3. The summed E-state index contributed by atoms with van der Waals surface area (Å²) in [4.78, 5) is 25.2. The largest absolute Gasteiger partial charge is 0.481 e. The van der Waals surface area contributed by atoms with Crippen molar-refractivity contribution < 1.29 is 19.6 Å². The van der Waals surface area contributed by atoms with E-state index in [4.69, 9.17) is 0 Å². The molecule has 29 heavy (non-hydrogen) atoms. The van der Waals surface area contributed by atoms with E-state index in [-0.39, 0.29) is 12.5 Å². The molecular formula is C23H38N3O3+. The van der Waals surface area contributed by atoms with Crippen LogP contribution in [0.15, 0.2) is 24.3 Å². The number of carbonyl (C=O) groups is 2. The number of unbranched alkanes of at least 4 members (excludes halogenated alkanes) is 5. The number of rotatable bonds is 11. The predicted molar refractivity (Wildman–Crippen MR) is 117 cm³/mol. The number of piperidine rings is 1. The minimum Gasteiger partial charge on any atom is -0.481 e. The number of hydrogen-bond acceptors (Lipinski definition) is 2. The number of aliphatic carboxylic acids is 1. The van der Waals surface area contributed by atoms with Crippen molar-refractivity contribution in [1.29, 1.82) is 0 Å². The number of carbonyl (C=O) groups excluding carboxylic acids is 1. The van der Waals surface area contributed by atoms with Crippen LogP contribution in [-0.2, 0) is 11.2 Å². The van der Waals surface area contributed by atoms with E-state index in [0.717, 1.165) is 25.2 Å². The molecule has 0 bridgehead atoms. The van der Waals surface area contributed by atoms with Crippen molar-refractivity contribution >= 4 is 17.7 Å². The van der Waals surface area contributed by atoms with Crippen LogP contribution in [0.3, 0.4) is 0 Å². The van der Waals surface area contributed by atoms with E-state index in [1.54, 1.807) is 0 Å². The van der Waals surface area contributed by atoms with Gasteiger partial charge in [0.05, 0.1) is 32.1 Å². The van der Waals surface area contributed by atoms with Gasteiger partial charge < -0.3 is 20.6 Å². The molecule has 1 heterocycles. The van der Waals surface area contributed by atoms with Crippen LogP contribution >= 0.6 is 0 Å². The first-order valence-electron chi connectivity index (χ1n) is 11.1. The molecule has 0 unspecified atom stereocenters. The van der Waals surface area contributed by atoms with Gasteiger partial charge in [-0.25, -0.2) is 4.79 Å². The first-order valence-corrected chi connectivity index (χ1v) is 11.1. The normalized spacial score (nSPS) is 21.5. The first-order chi connectivity index (χ1) is 13.9. The van der Waals surface area contributed by atoms with Gasteiger partial charge in [-0.3, -0.25) is 4.79 Å². The topological polar surface area (TPSA) is 82.9 Å². The van der Waals surface area contributed by atoms with E-state index >= 15 is 0 Å². The molecule has 0 saturated carbocycles. The zero-order valence-electron chi connectivity index (χ0n) is 18.1. The number of anilines is 1. The predicted octanol–water partition coefficient (Wildman–Crippen LogP) is 3.23. The number of quaternary nitrogens is 1. The summed E-state index contributed by atoms with van der Waals surface area (Å²) in [5.74, 6) is -0.871. The third-order valence-corrected chi connectivity index (χ3v) is 5.96. The summed E-state index contributed by atoms with van der Waals surface area (Å²) in [7, 11) is 2.09. The second-order valence-corrected chi connectivity index (χ2v) is 8.60. The fourth-order valence-electron chi connectivity index (χ4n) is 4.06. The van der Waals surface area contributed by atoms with Crippen LogP contribution < -0.4 is 15.5 Å². The van der Waals surface area contributed by atoms with Gasteiger partial charge in [-0.15, -0.1) is 0 Å². The average Bonchev–Trinajstić information content (AvgIpc) is 2.68. The lowest BCUT2D eigenvalue weighted by Crippen LogP contribution is -3.11. The number of hydrogen-bond donors (Lipinski definition) is 4. The number of urea groups is 1. The Labute approximate surface area is 175 Å². The molecule has 1 fully saturated rings. The van der Waals surface area contributed by atoms with Gasteiger partial charge in [0.2, 0.25) is 0 Å². The number of carboxylic acid groups (broad SMARTS) is 1. The van der Waals surface area contributed by atoms with E-state index < -0.39 is 11.5 Å². The van der Waals surface area contributed by atoms with Crippen LogP contribution in [0.25, 0.3) is 0 Å². The highest BCUT2D eigenvalue weighted by atomic mass is 16.4. The van der Waals surface area contributed by atoms with Crippen LogP contribution in [-0.4, -0.2) is 42.8 Å². The molecule has 2 rings (SSSR count). The van der Waals surface area contributed by atoms with Gasteiger partial charge in [0, 0.05) is 18.5 Å². The van der Waals surface area contributed by atoms with Gasteiger partial charge in [0.15, 0.2) is 0 Å². The van der Waals surface area contributed by atoms with Crippen LogP contribution in [0, 0.1) is 0 Å². The summed E-state index contributed by atoms with van der Waals surface area (Å²) in [5, 5.41) is 15.1. The number of amides is 2. The molecule has 1 aliphatic heterocycles. The molecule has 1 aromatic carbocycles. The molecular weight excluding hydrogens is 366 g/mol. The van der Waals surface area contributed by atoms with E-state index in [9.17, 15) is 14.7 Å². The van der Waals surface area contributed by atoms with Gasteiger partial charge >= 0.3 is 12.0 Å². The first kappa shape index (κ1) is 23.2. The maximum Gasteiger partial charge on any atom is 0.319 e. The molecule has 6 heteroatoms. The smallest absolute Gasteiger partial charge is 0.319 e. The summed E-state index contributed by atoms with van der Waals surface area (Å²) in [5.41, 5.74) is 1.36. The zero-order valence-corrected chi connectivity index (χ0v) is 18.1. The van der Waals surface area contributed by atoms with Crippen LogP contribution in [0.2, 0.25) is 0 Å². The molecule has 4 N–H and O–H groups in total. The zero-order chi connectivity index (χ0) is 21.1. The van der Waals surface area contributed by atoms with Gasteiger partial charge in [-0.05, 0) is 30.5 Å². The standard InChI is InChI=1S/C23H37N3O3/c1-3-4-5-6-7-8-9-19-10-12-20(13-11-19)24-22(29)25-23(18-21(27)28)14-16-26(2)17-15-23/h10-13H,3-9,14-18H2,1-2H3,(H,27,28)(H2,24,25,29)/p+1. The lowest BCUT2D eigenvalue weighted by atomic mass is 9.84. The molecule has 0 aliphatic carbocycles. The Kier molecular flexibility index (Phi) is 9.45. The summed E-state index contributed by atoms with van der Waals surface area (Å²) in [6.45, 7) is 3.96. The van der Waals surface area contributed by atoms with Crippen LogP contribution in [0.4, 0.5) is 10.5 Å². The molecule has 6 nitrogen and oxygen atoms in total. The van der Waals surface area contributed by atoms with Gasteiger partial charge in [0.1, 0.15) is 0 Å². The third-order valence-electron chi connectivity index (χ3n) is 5.96. The van der Waals surface area contributed by atoms with Crippen molar-refractivity contribution in [2.45, 2.75) is 76.7 Å². The summed E-state index contributed by atoms with van der Waals surface area (Å²) in [6.07, 6.45) is 10.1. The van der Waals surface area contributed by atoms with Crippen LogP contribution in [0.1, 0.15) is 70.3 Å². The number of benzene rings is 1.